The monoisotopic (exact) mass is 458 g/mol. The highest BCUT2D eigenvalue weighted by Gasteiger charge is 2.38. The molecule has 0 spiro atoms. The van der Waals surface area contributed by atoms with Crippen LogP contribution in [0.15, 0.2) is 18.2 Å². The van der Waals surface area contributed by atoms with Crippen LogP contribution >= 0.6 is 0 Å². The summed E-state index contributed by atoms with van der Waals surface area (Å²) in [6.45, 7) is 10.3. The molecule has 1 saturated carbocycles. The zero-order valence-corrected chi connectivity index (χ0v) is 21.1. The van der Waals surface area contributed by atoms with E-state index in [2.05, 4.69) is 19.6 Å². The van der Waals surface area contributed by atoms with Gasteiger partial charge in [-0.25, -0.2) is 12.8 Å². The fourth-order valence-corrected chi connectivity index (χ4v) is 7.25. The first-order valence-electron chi connectivity index (χ1n) is 11.4. The van der Waals surface area contributed by atoms with Crippen molar-refractivity contribution in [2.45, 2.75) is 96.6 Å². The molecule has 0 N–H and O–H groups in total. The summed E-state index contributed by atoms with van der Waals surface area (Å²) in [4.78, 5) is 0. The van der Waals surface area contributed by atoms with Crippen molar-refractivity contribution in [2.75, 3.05) is 11.5 Å². The van der Waals surface area contributed by atoms with Crippen LogP contribution in [0, 0.1) is 5.82 Å². The van der Waals surface area contributed by atoms with Crippen LogP contribution in [0.2, 0.25) is 19.6 Å². The number of hydrogen-bond donors (Lipinski definition) is 0. The Labute approximate surface area is 183 Å². The van der Waals surface area contributed by atoms with E-state index in [-0.39, 0.29) is 29.2 Å². The van der Waals surface area contributed by atoms with E-state index in [0.717, 1.165) is 37.7 Å². The van der Waals surface area contributed by atoms with Crippen molar-refractivity contribution in [2.24, 2.45) is 0 Å². The molecular formula is C23H39FO4SSi. The predicted octanol–water partition coefficient (Wildman–Crippen LogP) is 6.21. The third kappa shape index (κ3) is 7.34. The Hall–Kier alpha value is -0.923. The van der Waals surface area contributed by atoms with Crippen LogP contribution in [-0.4, -0.2) is 34.3 Å². The van der Waals surface area contributed by atoms with E-state index in [1.54, 1.807) is 12.1 Å². The Bertz CT molecular complexity index is 785. The number of benzene rings is 1. The maximum Gasteiger partial charge on any atom is 0.184 e. The smallest absolute Gasteiger partial charge is 0.184 e. The van der Waals surface area contributed by atoms with E-state index < -0.39 is 23.8 Å². The molecule has 172 valence electrons. The molecule has 0 aromatic heterocycles. The minimum absolute atomic E-state index is 0.0538. The van der Waals surface area contributed by atoms with E-state index in [4.69, 9.17) is 9.16 Å². The molecular weight excluding hydrogens is 419 g/mol. The lowest BCUT2D eigenvalue weighted by Gasteiger charge is -2.39. The quantitative estimate of drug-likeness (QED) is 0.349. The van der Waals surface area contributed by atoms with Gasteiger partial charge in [0, 0.05) is 0 Å². The highest BCUT2D eigenvalue weighted by Crippen LogP contribution is 2.39. The summed E-state index contributed by atoms with van der Waals surface area (Å²) in [6.07, 6.45) is 6.68. The van der Waals surface area contributed by atoms with Gasteiger partial charge in [-0.05, 0) is 82.3 Å². The SMILES string of the molecule is CCCCS(=O)(=O)CC[C@@](CC)(O[Si](C)(C)C)c1ccc(F)c(OC2CCCC2)c1. The third-order valence-electron chi connectivity index (χ3n) is 5.75. The second kappa shape index (κ2) is 10.6. The maximum absolute atomic E-state index is 14.5. The third-order valence-corrected chi connectivity index (χ3v) is 8.49. The summed E-state index contributed by atoms with van der Waals surface area (Å²) >= 11 is 0. The van der Waals surface area contributed by atoms with Crippen LogP contribution in [0.5, 0.6) is 5.75 Å². The topological polar surface area (TPSA) is 52.6 Å². The fraction of sp³-hybridized carbons (Fsp3) is 0.739. The van der Waals surface area contributed by atoms with Crippen molar-refractivity contribution in [3.8, 4) is 5.75 Å². The van der Waals surface area contributed by atoms with Crippen molar-refractivity contribution in [1.29, 1.82) is 0 Å². The summed E-state index contributed by atoms with van der Waals surface area (Å²) in [5.41, 5.74) is 0.0538. The van der Waals surface area contributed by atoms with Gasteiger partial charge in [0.1, 0.15) is 9.84 Å². The van der Waals surface area contributed by atoms with Gasteiger partial charge in [-0.2, -0.15) is 0 Å². The second-order valence-electron chi connectivity index (χ2n) is 9.49. The lowest BCUT2D eigenvalue weighted by atomic mass is 9.88. The Kier molecular flexibility index (Phi) is 8.95. The molecule has 2 rings (SSSR count). The molecule has 1 aromatic rings. The number of ether oxygens (including phenoxy) is 1. The van der Waals surface area contributed by atoms with Crippen molar-refractivity contribution in [3.63, 3.8) is 0 Å². The molecule has 1 fully saturated rings. The molecule has 0 heterocycles. The van der Waals surface area contributed by atoms with Gasteiger partial charge in [-0.15, -0.1) is 0 Å². The molecule has 1 aliphatic carbocycles. The summed E-state index contributed by atoms with van der Waals surface area (Å²) in [5, 5.41) is 0. The molecule has 0 unspecified atom stereocenters. The molecule has 1 atom stereocenters. The Morgan fingerprint density at radius 3 is 2.37 bits per heavy atom. The zero-order valence-electron chi connectivity index (χ0n) is 19.3. The number of halogens is 1. The largest absolute Gasteiger partial charge is 0.487 e. The van der Waals surface area contributed by atoms with Gasteiger partial charge >= 0.3 is 0 Å². The Balaban J connectivity index is 2.35. The lowest BCUT2D eigenvalue weighted by Crippen LogP contribution is -2.41. The molecule has 1 aromatic carbocycles. The van der Waals surface area contributed by atoms with Crippen LogP contribution in [0.1, 0.15) is 70.8 Å². The summed E-state index contributed by atoms with van der Waals surface area (Å²) in [5.74, 6) is 0.154. The van der Waals surface area contributed by atoms with E-state index in [0.29, 0.717) is 19.3 Å². The van der Waals surface area contributed by atoms with Crippen LogP contribution in [0.4, 0.5) is 4.39 Å². The summed E-state index contributed by atoms with van der Waals surface area (Å²) in [6, 6.07) is 4.91. The Morgan fingerprint density at radius 2 is 1.80 bits per heavy atom. The predicted molar refractivity (Wildman–Crippen MR) is 124 cm³/mol. The van der Waals surface area contributed by atoms with Gasteiger partial charge in [0.05, 0.1) is 23.2 Å². The average molecular weight is 459 g/mol. The van der Waals surface area contributed by atoms with E-state index >= 15 is 0 Å². The van der Waals surface area contributed by atoms with Crippen LogP contribution < -0.4 is 4.74 Å². The molecule has 1 aliphatic rings. The van der Waals surface area contributed by atoms with Crippen LogP contribution in [0.25, 0.3) is 0 Å². The van der Waals surface area contributed by atoms with Gasteiger partial charge in [-0.1, -0.05) is 26.3 Å². The standard InChI is InChI=1S/C23H39FO4SSi/c1-6-8-16-29(25,26)17-15-23(7-2,28-30(3,4)5)19-13-14-21(24)22(18-19)27-20-11-9-10-12-20/h13-14,18,20H,6-12,15-17H2,1-5H3/t23-/m1/s1. The van der Waals surface area contributed by atoms with Crippen molar-refractivity contribution < 1.29 is 22.0 Å². The van der Waals surface area contributed by atoms with Crippen LogP contribution in [0.3, 0.4) is 0 Å². The van der Waals surface area contributed by atoms with Crippen molar-refractivity contribution >= 4 is 18.2 Å². The summed E-state index contributed by atoms with van der Waals surface area (Å²) < 4.78 is 52.3. The number of unbranched alkanes of at least 4 members (excludes halogenated alkanes) is 1. The minimum atomic E-state index is -3.16. The second-order valence-corrected chi connectivity index (χ2v) is 16.2. The highest BCUT2D eigenvalue weighted by molar-refractivity contribution is 7.91. The average Bonchev–Trinajstić information content (AvgIpc) is 3.18. The molecule has 4 nitrogen and oxygen atoms in total. The number of rotatable bonds is 12. The number of sulfone groups is 1. The van der Waals surface area contributed by atoms with Crippen molar-refractivity contribution in [1.82, 2.24) is 0 Å². The van der Waals surface area contributed by atoms with Crippen molar-refractivity contribution in [3.05, 3.63) is 29.6 Å². The maximum atomic E-state index is 14.5. The lowest BCUT2D eigenvalue weighted by molar-refractivity contribution is 0.0491. The van der Waals surface area contributed by atoms with E-state index in [1.165, 1.54) is 6.07 Å². The first kappa shape index (κ1) is 25.3. The first-order chi connectivity index (χ1) is 14.0. The van der Waals surface area contributed by atoms with Gasteiger partial charge in [0.15, 0.2) is 19.9 Å². The van der Waals surface area contributed by atoms with Gasteiger partial charge < -0.3 is 9.16 Å². The molecule has 0 radical (unpaired) electrons. The molecule has 0 bridgehead atoms. The van der Waals surface area contributed by atoms with Gasteiger partial charge in [0.2, 0.25) is 0 Å². The van der Waals surface area contributed by atoms with E-state index in [9.17, 15) is 12.8 Å². The highest BCUT2D eigenvalue weighted by atomic mass is 32.2. The molecule has 0 amide bonds. The normalized spacial score (nSPS) is 17.8. The molecule has 0 aliphatic heterocycles. The fourth-order valence-electron chi connectivity index (χ4n) is 4.14. The van der Waals surface area contributed by atoms with Crippen LogP contribution in [-0.2, 0) is 19.9 Å². The summed E-state index contributed by atoms with van der Waals surface area (Å²) in [7, 11) is -5.17. The number of hydrogen-bond acceptors (Lipinski definition) is 4. The Morgan fingerprint density at radius 1 is 1.13 bits per heavy atom. The van der Waals surface area contributed by atoms with Gasteiger partial charge in [0.25, 0.3) is 0 Å². The molecule has 0 saturated heterocycles. The van der Waals surface area contributed by atoms with E-state index in [1.807, 2.05) is 13.8 Å². The minimum Gasteiger partial charge on any atom is -0.487 e. The first-order valence-corrected chi connectivity index (χ1v) is 16.6. The zero-order chi connectivity index (χ0) is 22.4. The van der Waals surface area contributed by atoms with Gasteiger partial charge in [-0.3, -0.25) is 0 Å². The molecule has 30 heavy (non-hydrogen) atoms. The molecule has 7 heteroatoms.